The topological polar surface area (TPSA) is 95.7 Å². The Kier molecular flexibility index (Phi) is 4.82. The Hall–Kier alpha value is -2.32. The quantitative estimate of drug-likeness (QED) is 0.742. The fourth-order valence-corrected chi connectivity index (χ4v) is 3.88. The Balaban J connectivity index is 1.78. The van der Waals surface area contributed by atoms with Crippen molar-refractivity contribution in [1.29, 1.82) is 0 Å². The monoisotopic (exact) mass is 423 g/mol. The molecule has 130 valence electrons. The van der Waals surface area contributed by atoms with E-state index in [1.165, 1.54) is 0 Å². The van der Waals surface area contributed by atoms with Gasteiger partial charge in [0.2, 0.25) is 17.4 Å². The second-order valence-electron chi connectivity index (χ2n) is 5.38. The number of hydrogen-bond donors (Lipinski definition) is 1. The van der Waals surface area contributed by atoms with Crippen LogP contribution < -0.4 is 5.73 Å². The van der Waals surface area contributed by atoms with E-state index in [4.69, 9.17) is 14.7 Å². The summed E-state index contributed by atoms with van der Waals surface area (Å²) in [4.78, 5) is 12.5. The van der Waals surface area contributed by atoms with Gasteiger partial charge in [-0.25, -0.2) is 0 Å². The molecule has 2 N–H and O–H groups in total. The molecule has 25 heavy (non-hydrogen) atoms. The van der Waals surface area contributed by atoms with Gasteiger partial charge >= 0.3 is 10.1 Å². The number of carbonyl (C=O) groups is 1. The van der Waals surface area contributed by atoms with Crippen molar-refractivity contribution < 1.29 is 22.1 Å². The van der Waals surface area contributed by atoms with Crippen LogP contribution in [0.3, 0.4) is 0 Å². The van der Waals surface area contributed by atoms with Crippen LogP contribution in [0.15, 0.2) is 70.7 Å². The zero-order valence-electron chi connectivity index (χ0n) is 12.9. The third kappa shape index (κ3) is 4.02. The van der Waals surface area contributed by atoms with Gasteiger partial charge in [-0.1, -0.05) is 58.4 Å². The maximum absolute atomic E-state index is 12.5. The molecule has 0 bridgehead atoms. The zero-order valence-corrected chi connectivity index (χ0v) is 15.3. The number of hydrogen-bond acceptors (Lipinski definition) is 6. The first-order chi connectivity index (χ1) is 11.9. The molecule has 1 atom stereocenters. The number of ether oxygens (including phenoxy) is 1. The van der Waals surface area contributed by atoms with Gasteiger partial charge in [0.15, 0.2) is 6.10 Å². The number of ketones is 1. The molecule has 0 aromatic heterocycles. The minimum Gasteiger partial charge on any atom is -0.460 e. The van der Waals surface area contributed by atoms with Gasteiger partial charge in [0.1, 0.15) is 5.75 Å². The van der Waals surface area contributed by atoms with Crippen molar-refractivity contribution in [3.63, 3.8) is 0 Å². The van der Waals surface area contributed by atoms with E-state index >= 15 is 0 Å². The average molecular weight is 424 g/mol. The fourth-order valence-electron chi connectivity index (χ4n) is 2.38. The second-order valence-corrected chi connectivity index (χ2v) is 7.87. The lowest BCUT2D eigenvalue weighted by molar-refractivity contribution is -0.123. The van der Waals surface area contributed by atoms with Gasteiger partial charge in [-0.3, -0.25) is 4.79 Å². The van der Waals surface area contributed by atoms with Gasteiger partial charge in [0.05, 0.1) is 0 Å². The van der Waals surface area contributed by atoms with E-state index in [9.17, 15) is 13.2 Å². The normalized spacial score (nSPS) is 17.5. The van der Waals surface area contributed by atoms with Crippen LogP contribution >= 0.6 is 15.9 Å². The lowest BCUT2D eigenvalue weighted by Crippen LogP contribution is -2.16. The third-order valence-corrected chi connectivity index (χ3v) is 5.08. The molecule has 1 aliphatic heterocycles. The Labute approximate surface area is 153 Å². The summed E-state index contributed by atoms with van der Waals surface area (Å²) in [5.41, 5.74) is 6.75. The van der Waals surface area contributed by atoms with E-state index in [2.05, 4.69) is 15.9 Å². The van der Waals surface area contributed by atoms with Crippen LogP contribution in [-0.4, -0.2) is 14.2 Å². The maximum atomic E-state index is 12.5. The summed E-state index contributed by atoms with van der Waals surface area (Å²) >= 11 is 3.31. The van der Waals surface area contributed by atoms with Crippen molar-refractivity contribution in [3.8, 4) is 0 Å². The summed E-state index contributed by atoms with van der Waals surface area (Å²) in [5, 5.41) is 0. The number of carbonyl (C=O) groups excluding carboxylic acids is 1. The van der Waals surface area contributed by atoms with Gasteiger partial charge < -0.3 is 14.7 Å². The van der Waals surface area contributed by atoms with E-state index in [0.717, 1.165) is 4.47 Å². The predicted molar refractivity (Wildman–Crippen MR) is 94.3 cm³/mol. The van der Waals surface area contributed by atoms with Crippen molar-refractivity contribution >= 4 is 31.8 Å². The number of nitrogens with two attached hydrogens (primary N) is 1. The fraction of sp³-hybridized carbons (Fsp3) is 0.118. The summed E-state index contributed by atoms with van der Waals surface area (Å²) in [7, 11) is -4.05. The largest absolute Gasteiger partial charge is 0.460 e. The highest BCUT2D eigenvalue weighted by Gasteiger charge is 2.39. The molecule has 6 nitrogen and oxygen atoms in total. The molecule has 0 fully saturated rings. The van der Waals surface area contributed by atoms with Crippen molar-refractivity contribution in [3.05, 3.63) is 81.8 Å². The molecule has 0 saturated carbocycles. The third-order valence-electron chi connectivity index (χ3n) is 3.48. The van der Waals surface area contributed by atoms with E-state index in [1.54, 1.807) is 54.6 Å². The lowest BCUT2D eigenvalue weighted by Gasteiger charge is -2.10. The number of rotatable bonds is 5. The van der Waals surface area contributed by atoms with Crippen molar-refractivity contribution in [2.24, 2.45) is 5.73 Å². The Morgan fingerprint density at radius 1 is 1.12 bits per heavy atom. The van der Waals surface area contributed by atoms with Crippen LogP contribution in [-0.2, 0) is 29.6 Å². The van der Waals surface area contributed by atoms with Crippen LogP contribution in [0.25, 0.3) is 0 Å². The van der Waals surface area contributed by atoms with E-state index in [0.29, 0.717) is 11.1 Å². The summed E-state index contributed by atoms with van der Waals surface area (Å²) in [6.45, 7) is 0. The second kappa shape index (κ2) is 6.89. The molecule has 3 rings (SSSR count). The van der Waals surface area contributed by atoms with Crippen LogP contribution in [0.2, 0.25) is 0 Å². The van der Waals surface area contributed by atoms with Gasteiger partial charge in [-0.2, -0.15) is 8.42 Å². The minimum absolute atomic E-state index is 0.341. The number of Topliss-reactive ketones (excluding diaryl/α,β-unsaturated/α-hetero) is 1. The van der Waals surface area contributed by atoms with Gasteiger partial charge in [-0.15, -0.1) is 0 Å². The lowest BCUT2D eigenvalue weighted by atomic mass is 10.1. The van der Waals surface area contributed by atoms with Crippen LogP contribution in [0.4, 0.5) is 0 Å². The summed E-state index contributed by atoms with van der Waals surface area (Å²) in [6.07, 6.45) is -1.03. The first-order valence-electron chi connectivity index (χ1n) is 7.28. The van der Waals surface area contributed by atoms with Crippen molar-refractivity contribution in [2.75, 3.05) is 0 Å². The highest BCUT2D eigenvalue weighted by molar-refractivity contribution is 9.10. The molecule has 0 aliphatic carbocycles. The number of benzene rings is 2. The van der Waals surface area contributed by atoms with E-state index < -0.39 is 27.8 Å². The zero-order chi connectivity index (χ0) is 18.0. The summed E-state index contributed by atoms with van der Waals surface area (Å²) in [6, 6.07) is 15.4. The first-order valence-corrected chi connectivity index (χ1v) is 9.65. The molecule has 0 spiro atoms. The Morgan fingerprint density at radius 3 is 2.52 bits per heavy atom. The predicted octanol–water partition coefficient (Wildman–Crippen LogP) is 2.76. The van der Waals surface area contributed by atoms with Crippen molar-refractivity contribution in [1.82, 2.24) is 0 Å². The molecule has 2 aromatic carbocycles. The smallest absolute Gasteiger partial charge is 0.313 e. The molecule has 1 unspecified atom stereocenters. The highest BCUT2D eigenvalue weighted by Crippen LogP contribution is 2.33. The molecular formula is C17H14BrNO5S. The van der Waals surface area contributed by atoms with E-state index in [1.807, 2.05) is 0 Å². The van der Waals surface area contributed by atoms with Gasteiger partial charge in [0, 0.05) is 10.0 Å². The van der Waals surface area contributed by atoms with Crippen LogP contribution in [0.5, 0.6) is 0 Å². The van der Waals surface area contributed by atoms with Crippen LogP contribution in [0.1, 0.15) is 17.2 Å². The van der Waals surface area contributed by atoms with E-state index in [-0.39, 0.29) is 11.6 Å². The molecule has 8 heteroatoms. The molecule has 0 amide bonds. The number of halogens is 1. The maximum Gasteiger partial charge on any atom is 0.313 e. The molecule has 2 aromatic rings. The van der Waals surface area contributed by atoms with Gasteiger partial charge in [-0.05, 0) is 17.7 Å². The van der Waals surface area contributed by atoms with Crippen LogP contribution in [0, 0.1) is 0 Å². The molecule has 1 aliphatic rings. The minimum atomic E-state index is -4.05. The molecule has 0 saturated heterocycles. The summed E-state index contributed by atoms with van der Waals surface area (Å²) < 4.78 is 35.5. The van der Waals surface area contributed by atoms with Gasteiger partial charge in [0.25, 0.3) is 0 Å². The summed E-state index contributed by atoms with van der Waals surface area (Å²) in [5.74, 6) is -1.83. The Morgan fingerprint density at radius 2 is 1.84 bits per heavy atom. The highest BCUT2D eigenvalue weighted by atomic mass is 79.9. The first kappa shape index (κ1) is 17.5. The average Bonchev–Trinajstić information content (AvgIpc) is 2.83. The Bertz CT molecular complexity index is 941. The molecular weight excluding hydrogens is 410 g/mol. The van der Waals surface area contributed by atoms with Crippen molar-refractivity contribution in [2.45, 2.75) is 11.9 Å². The SMILES string of the molecule is NC1=C(OS(=O)(=O)Cc2ccccc2)C(=O)C(c2cccc(Br)c2)O1. The standard InChI is InChI=1S/C17H14BrNO5S/c18-13-8-4-7-12(9-13)15-14(20)16(17(19)23-15)24-25(21,22)10-11-5-2-1-3-6-11/h1-9,15H,10,19H2. The molecule has 1 heterocycles. The molecule has 0 radical (unpaired) electrons.